The number of anilines is 1. The molecule has 0 spiro atoms. The Labute approximate surface area is 82.6 Å². The van der Waals surface area contributed by atoms with Crippen LogP contribution in [-0.4, -0.2) is 25.2 Å². The Kier molecular flexibility index (Phi) is 2.25. The molecule has 1 aromatic rings. The van der Waals surface area contributed by atoms with Crippen LogP contribution in [0.15, 0.2) is 36.0 Å². The fraction of sp³-hybridized carbons (Fsp3) is 0.222. The van der Waals surface area contributed by atoms with Crippen LogP contribution in [0.3, 0.4) is 0 Å². The van der Waals surface area contributed by atoms with E-state index in [0.717, 1.165) is 5.69 Å². The summed E-state index contributed by atoms with van der Waals surface area (Å²) < 4.78 is 22.2. The lowest BCUT2D eigenvalue weighted by Crippen LogP contribution is -2.20. The topological polar surface area (TPSA) is 59.1 Å². The molecule has 2 heterocycles. The molecule has 2 rings (SSSR count). The van der Waals surface area contributed by atoms with Gasteiger partial charge in [-0.05, 0) is 12.1 Å². The first-order chi connectivity index (χ1) is 6.66. The van der Waals surface area contributed by atoms with Gasteiger partial charge in [-0.15, -0.1) is 0 Å². The maximum absolute atomic E-state index is 11.1. The molecule has 1 atom stereocenters. The van der Waals surface area contributed by atoms with Crippen LogP contribution in [0, 0.1) is 0 Å². The molecular weight excluding hydrogens is 200 g/mol. The van der Waals surface area contributed by atoms with E-state index in [1.165, 1.54) is 5.41 Å². The van der Waals surface area contributed by atoms with Gasteiger partial charge in [-0.1, -0.05) is 6.08 Å². The predicted octanol–water partition coefficient (Wildman–Crippen LogP) is 0.804. The summed E-state index contributed by atoms with van der Waals surface area (Å²) in [6, 6.07) is 3.49. The fourth-order valence-electron chi connectivity index (χ4n) is 1.33. The van der Waals surface area contributed by atoms with Crippen molar-refractivity contribution < 1.29 is 8.42 Å². The molecule has 5 heteroatoms. The molecule has 0 aromatic carbocycles. The minimum absolute atomic E-state index is 0.123. The largest absolute Gasteiger partial charge is 0.378 e. The smallest absolute Gasteiger partial charge is 0.173 e. The summed E-state index contributed by atoms with van der Waals surface area (Å²) in [5, 5.41) is 4.35. The minimum Gasteiger partial charge on any atom is -0.378 e. The Hall–Kier alpha value is -1.36. The molecule has 0 bridgehead atoms. The quantitative estimate of drug-likeness (QED) is 0.784. The number of hydrogen-bond donors (Lipinski definition) is 1. The van der Waals surface area contributed by atoms with Crippen LogP contribution >= 0.6 is 0 Å². The van der Waals surface area contributed by atoms with Crippen molar-refractivity contribution in [3.63, 3.8) is 0 Å². The molecule has 0 radical (unpaired) electrons. The molecule has 14 heavy (non-hydrogen) atoms. The lowest BCUT2D eigenvalue weighted by atomic mass is 10.3. The second kappa shape index (κ2) is 3.42. The highest BCUT2D eigenvalue weighted by Gasteiger charge is 2.20. The number of nitrogens with one attached hydrogen (secondary N) is 1. The first kappa shape index (κ1) is 9.21. The molecule has 0 fully saturated rings. The average Bonchev–Trinajstić information content (AvgIpc) is 2.47. The molecule has 1 unspecified atom stereocenters. The van der Waals surface area contributed by atoms with E-state index in [4.69, 9.17) is 0 Å². The zero-order valence-electron chi connectivity index (χ0n) is 7.42. The summed E-state index contributed by atoms with van der Waals surface area (Å²) in [4.78, 5) is 3.87. The van der Waals surface area contributed by atoms with Gasteiger partial charge in [0.15, 0.2) is 9.84 Å². The molecule has 0 amide bonds. The zero-order chi connectivity index (χ0) is 10.0. The first-order valence-corrected chi connectivity index (χ1v) is 5.95. The van der Waals surface area contributed by atoms with E-state index in [-0.39, 0.29) is 11.8 Å². The second-order valence-electron chi connectivity index (χ2n) is 3.14. The van der Waals surface area contributed by atoms with Crippen LogP contribution in [0.5, 0.6) is 0 Å². The summed E-state index contributed by atoms with van der Waals surface area (Å²) in [5.74, 6) is 0.134. The molecule has 1 aromatic heterocycles. The van der Waals surface area contributed by atoms with Gasteiger partial charge in [-0.3, -0.25) is 4.98 Å². The molecule has 0 saturated carbocycles. The zero-order valence-corrected chi connectivity index (χ0v) is 8.24. The molecule has 1 aliphatic rings. The number of aromatic nitrogens is 1. The third-order valence-corrected chi connectivity index (χ3v) is 3.36. The maximum Gasteiger partial charge on any atom is 0.173 e. The van der Waals surface area contributed by atoms with Crippen molar-refractivity contribution in [1.29, 1.82) is 0 Å². The molecule has 0 saturated heterocycles. The molecule has 1 N–H and O–H groups in total. The van der Waals surface area contributed by atoms with Gasteiger partial charge in [0.2, 0.25) is 0 Å². The van der Waals surface area contributed by atoms with Gasteiger partial charge >= 0.3 is 0 Å². The molecule has 74 valence electrons. The first-order valence-electron chi connectivity index (χ1n) is 4.23. The van der Waals surface area contributed by atoms with E-state index in [1.54, 1.807) is 30.6 Å². The Balaban J connectivity index is 2.05. The van der Waals surface area contributed by atoms with Crippen LogP contribution in [0.25, 0.3) is 0 Å². The second-order valence-corrected chi connectivity index (χ2v) is 5.08. The van der Waals surface area contributed by atoms with Crippen molar-refractivity contribution in [2.75, 3.05) is 11.1 Å². The standard InChI is InChI=1S/C9H10N2O2S/c12-14(13)6-3-9(7-14)11-8-1-4-10-5-2-8/h1-6,9H,7H2,(H,10,11). The number of hydrogen-bond acceptors (Lipinski definition) is 4. The highest BCUT2D eigenvalue weighted by atomic mass is 32.2. The SMILES string of the molecule is O=S1(=O)C=CC(Nc2ccncc2)C1. The lowest BCUT2D eigenvalue weighted by Gasteiger charge is -2.10. The molecular formula is C9H10N2O2S. The van der Waals surface area contributed by atoms with Crippen LogP contribution in [-0.2, 0) is 9.84 Å². The van der Waals surface area contributed by atoms with E-state index in [1.807, 2.05) is 0 Å². The van der Waals surface area contributed by atoms with Gasteiger partial charge < -0.3 is 5.32 Å². The Morgan fingerprint density at radius 2 is 2.07 bits per heavy atom. The fourth-order valence-corrected chi connectivity index (χ4v) is 2.56. The van der Waals surface area contributed by atoms with Gasteiger partial charge in [0.25, 0.3) is 0 Å². The van der Waals surface area contributed by atoms with Crippen LogP contribution in [0.1, 0.15) is 0 Å². The van der Waals surface area contributed by atoms with E-state index in [9.17, 15) is 8.42 Å². The van der Waals surface area contributed by atoms with E-state index in [2.05, 4.69) is 10.3 Å². The Bertz CT molecular complexity index is 439. The van der Waals surface area contributed by atoms with Crippen molar-refractivity contribution in [1.82, 2.24) is 4.98 Å². The monoisotopic (exact) mass is 210 g/mol. The van der Waals surface area contributed by atoms with Gasteiger partial charge in [-0.2, -0.15) is 0 Å². The van der Waals surface area contributed by atoms with E-state index < -0.39 is 9.84 Å². The summed E-state index contributed by atoms with van der Waals surface area (Å²) in [5.41, 5.74) is 0.881. The lowest BCUT2D eigenvalue weighted by molar-refractivity contribution is 0.605. The summed E-state index contributed by atoms with van der Waals surface area (Å²) in [7, 11) is -2.97. The van der Waals surface area contributed by atoms with Crippen molar-refractivity contribution in [3.05, 3.63) is 36.0 Å². The van der Waals surface area contributed by atoms with Gasteiger partial charge in [0.1, 0.15) is 0 Å². The van der Waals surface area contributed by atoms with Crippen molar-refractivity contribution in [2.45, 2.75) is 6.04 Å². The normalized spacial score (nSPS) is 23.6. The summed E-state index contributed by atoms with van der Waals surface area (Å²) in [6.45, 7) is 0. The molecule has 1 aliphatic heterocycles. The third-order valence-electron chi connectivity index (χ3n) is 1.96. The predicted molar refractivity (Wildman–Crippen MR) is 54.6 cm³/mol. The van der Waals surface area contributed by atoms with Crippen LogP contribution in [0.2, 0.25) is 0 Å². The molecule has 0 aliphatic carbocycles. The maximum atomic E-state index is 11.1. The summed E-state index contributed by atoms with van der Waals surface area (Å²) in [6.07, 6.45) is 4.99. The van der Waals surface area contributed by atoms with Gasteiger partial charge in [-0.25, -0.2) is 8.42 Å². The highest BCUT2D eigenvalue weighted by Crippen LogP contribution is 2.13. The van der Waals surface area contributed by atoms with Crippen molar-refractivity contribution in [3.8, 4) is 0 Å². The van der Waals surface area contributed by atoms with Gasteiger partial charge in [0, 0.05) is 23.5 Å². The number of sulfone groups is 1. The van der Waals surface area contributed by atoms with Crippen molar-refractivity contribution >= 4 is 15.5 Å². The summed E-state index contributed by atoms with van der Waals surface area (Å²) >= 11 is 0. The van der Waals surface area contributed by atoms with Crippen LogP contribution < -0.4 is 5.32 Å². The average molecular weight is 210 g/mol. The van der Waals surface area contributed by atoms with E-state index in [0.29, 0.717) is 0 Å². The molecule has 4 nitrogen and oxygen atoms in total. The number of nitrogens with zero attached hydrogens (tertiary/aromatic N) is 1. The van der Waals surface area contributed by atoms with E-state index >= 15 is 0 Å². The Morgan fingerprint density at radius 3 is 2.64 bits per heavy atom. The minimum atomic E-state index is -2.97. The van der Waals surface area contributed by atoms with Gasteiger partial charge in [0.05, 0.1) is 11.8 Å². The Morgan fingerprint density at radius 1 is 1.36 bits per heavy atom. The number of rotatable bonds is 2. The van der Waals surface area contributed by atoms with Crippen molar-refractivity contribution in [2.24, 2.45) is 0 Å². The van der Waals surface area contributed by atoms with Crippen LogP contribution in [0.4, 0.5) is 5.69 Å². The third kappa shape index (κ3) is 2.11. The number of pyridine rings is 1. The highest BCUT2D eigenvalue weighted by molar-refractivity contribution is 7.94.